The van der Waals surface area contributed by atoms with Crippen LogP contribution in [0.5, 0.6) is 0 Å². The summed E-state index contributed by atoms with van der Waals surface area (Å²) in [6.45, 7) is 3.95. The zero-order chi connectivity index (χ0) is 17.4. The molecule has 0 radical (unpaired) electrons. The molecule has 25 heavy (non-hydrogen) atoms. The number of nitrogens with zero attached hydrogens (tertiary/aromatic N) is 5. The third-order valence-corrected chi connectivity index (χ3v) is 4.74. The lowest BCUT2D eigenvalue weighted by atomic mass is 10.3. The fraction of sp³-hybridized carbons (Fsp3) is 0.176. The van der Waals surface area contributed by atoms with E-state index in [2.05, 4.69) is 20.5 Å². The Balaban J connectivity index is 1.69. The number of benzene rings is 1. The van der Waals surface area contributed by atoms with Crippen molar-refractivity contribution in [1.29, 1.82) is 0 Å². The standard InChI is InChI=1S/C17H16N6OS/c1-3-12-9-15(24)23-17(19-12)25-16(21-23)20-14-10-18-22(11(14)2)13-7-5-4-6-8-13/h4-10H,3H2,1-2H3,(H,20,21). The maximum atomic E-state index is 12.1. The smallest absolute Gasteiger partial charge is 0.275 e. The SMILES string of the molecule is CCc1cc(=O)n2nc(Nc3cnn(-c4ccccc4)c3C)sc2n1. The monoisotopic (exact) mass is 352 g/mol. The number of para-hydroxylation sites is 1. The highest BCUT2D eigenvalue weighted by molar-refractivity contribution is 7.20. The third-order valence-electron chi connectivity index (χ3n) is 3.91. The quantitative estimate of drug-likeness (QED) is 0.611. The second kappa shape index (κ2) is 6.14. The van der Waals surface area contributed by atoms with Crippen LogP contribution in [0.3, 0.4) is 0 Å². The van der Waals surface area contributed by atoms with Crippen LogP contribution in [0.25, 0.3) is 10.6 Å². The molecule has 4 rings (SSSR count). The van der Waals surface area contributed by atoms with Crippen molar-refractivity contribution in [3.63, 3.8) is 0 Å². The van der Waals surface area contributed by atoms with Crippen LogP contribution < -0.4 is 10.9 Å². The molecule has 1 aromatic carbocycles. The Morgan fingerprint density at radius 2 is 2.04 bits per heavy atom. The number of hydrogen-bond donors (Lipinski definition) is 1. The second-order valence-corrected chi connectivity index (χ2v) is 6.51. The zero-order valence-corrected chi connectivity index (χ0v) is 14.6. The summed E-state index contributed by atoms with van der Waals surface area (Å²) in [5, 5.41) is 12.6. The van der Waals surface area contributed by atoms with Gasteiger partial charge in [0.15, 0.2) is 0 Å². The molecular formula is C17H16N6OS. The van der Waals surface area contributed by atoms with E-state index in [0.717, 1.165) is 29.2 Å². The topological polar surface area (TPSA) is 77.1 Å². The van der Waals surface area contributed by atoms with E-state index in [0.29, 0.717) is 10.1 Å². The first kappa shape index (κ1) is 15.5. The number of nitrogens with one attached hydrogen (secondary N) is 1. The average molecular weight is 352 g/mol. The van der Waals surface area contributed by atoms with E-state index in [9.17, 15) is 4.79 Å². The predicted molar refractivity (Wildman–Crippen MR) is 98.1 cm³/mol. The molecule has 1 N–H and O–H groups in total. The molecule has 8 heteroatoms. The molecule has 0 bridgehead atoms. The van der Waals surface area contributed by atoms with E-state index in [1.165, 1.54) is 21.9 Å². The van der Waals surface area contributed by atoms with Crippen LogP contribution in [-0.2, 0) is 6.42 Å². The van der Waals surface area contributed by atoms with Gasteiger partial charge in [0.1, 0.15) is 0 Å². The Kier molecular flexibility index (Phi) is 3.81. The van der Waals surface area contributed by atoms with Crippen LogP contribution in [0.2, 0.25) is 0 Å². The minimum Gasteiger partial charge on any atom is -0.327 e. The maximum Gasteiger partial charge on any atom is 0.275 e. The first-order valence-corrected chi connectivity index (χ1v) is 8.74. The molecule has 0 aliphatic carbocycles. The van der Waals surface area contributed by atoms with Crippen LogP contribution in [0, 0.1) is 6.92 Å². The van der Waals surface area contributed by atoms with Crippen LogP contribution in [0.15, 0.2) is 47.4 Å². The molecule has 3 aromatic heterocycles. The number of hydrogen-bond acceptors (Lipinski definition) is 6. The minimum absolute atomic E-state index is 0.164. The first-order chi connectivity index (χ1) is 12.2. The highest BCUT2D eigenvalue weighted by atomic mass is 32.1. The van der Waals surface area contributed by atoms with Crippen LogP contribution >= 0.6 is 11.3 Å². The van der Waals surface area contributed by atoms with Crippen molar-refractivity contribution in [2.24, 2.45) is 0 Å². The van der Waals surface area contributed by atoms with Gasteiger partial charge in [-0.05, 0) is 25.5 Å². The molecule has 0 spiro atoms. The van der Waals surface area contributed by atoms with Gasteiger partial charge in [-0.25, -0.2) is 9.67 Å². The van der Waals surface area contributed by atoms with Crippen molar-refractivity contribution >= 4 is 27.1 Å². The molecule has 3 heterocycles. The Labute approximate surface area is 147 Å². The lowest BCUT2D eigenvalue weighted by molar-refractivity contribution is 0.847. The second-order valence-electron chi connectivity index (χ2n) is 5.56. The van der Waals surface area contributed by atoms with Gasteiger partial charge in [-0.3, -0.25) is 4.79 Å². The summed E-state index contributed by atoms with van der Waals surface area (Å²) in [5.74, 6) is 0. The summed E-state index contributed by atoms with van der Waals surface area (Å²) in [5.41, 5.74) is 3.39. The van der Waals surface area contributed by atoms with E-state index in [4.69, 9.17) is 0 Å². The molecule has 0 saturated carbocycles. The number of rotatable bonds is 4. The van der Waals surface area contributed by atoms with Gasteiger partial charge in [0.2, 0.25) is 10.1 Å². The first-order valence-electron chi connectivity index (χ1n) is 7.92. The Hall–Kier alpha value is -3.00. The van der Waals surface area contributed by atoms with Gasteiger partial charge in [-0.1, -0.05) is 36.5 Å². The number of aryl methyl sites for hydroxylation is 1. The highest BCUT2D eigenvalue weighted by Gasteiger charge is 2.12. The summed E-state index contributed by atoms with van der Waals surface area (Å²) in [6, 6.07) is 11.4. The van der Waals surface area contributed by atoms with Gasteiger partial charge in [0, 0.05) is 11.8 Å². The van der Waals surface area contributed by atoms with Gasteiger partial charge < -0.3 is 5.32 Å². The summed E-state index contributed by atoms with van der Waals surface area (Å²) in [7, 11) is 0. The number of aromatic nitrogens is 5. The normalized spacial score (nSPS) is 11.1. The number of anilines is 2. The average Bonchev–Trinajstić information content (AvgIpc) is 3.20. The molecule has 0 aliphatic rings. The van der Waals surface area contributed by atoms with Gasteiger partial charge in [-0.15, -0.1) is 5.10 Å². The maximum absolute atomic E-state index is 12.1. The molecule has 0 saturated heterocycles. The van der Waals surface area contributed by atoms with Gasteiger partial charge in [0.25, 0.3) is 5.56 Å². The Morgan fingerprint density at radius 1 is 1.24 bits per heavy atom. The fourth-order valence-corrected chi connectivity index (χ4v) is 3.40. The molecule has 126 valence electrons. The number of fused-ring (bicyclic) bond motifs is 1. The zero-order valence-electron chi connectivity index (χ0n) is 13.8. The molecule has 0 unspecified atom stereocenters. The van der Waals surface area contributed by atoms with Crippen molar-refractivity contribution in [2.75, 3.05) is 5.32 Å². The minimum atomic E-state index is -0.164. The Bertz CT molecular complexity index is 1100. The summed E-state index contributed by atoms with van der Waals surface area (Å²) >= 11 is 1.34. The predicted octanol–water partition coefficient (Wildman–Crippen LogP) is 2.95. The van der Waals surface area contributed by atoms with E-state index >= 15 is 0 Å². The van der Waals surface area contributed by atoms with Crippen LogP contribution in [-0.4, -0.2) is 24.4 Å². The van der Waals surface area contributed by atoms with E-state index in [1.54, 1.807) is 6.20 Å². The van der Waals surface area contributed by atoms with E-state index < -0.39 is 0 Å². The molecule has 4 aromatic rings. The summed E-state index contributed by atoms with van der Waals surface area (Å²) < 4.78 is 3.18. The highest BCUT2D eigenvalue weighted by Crippen LogP contribution is 2.25. The van der Waals surface area contributed by atoms with Crippen molar-refractivity contribution in [2.45, 2.75) is 20.3 Å². The molecule has 7 nitrogen and oxygen atoms in total. The van der Waals surface area contributed by atoms with E-state index in [1.807, 2.05) is 48.9 Å². The summed E-state index contributed by atoms with van der Waals surface area (Å²) in [4.78, 5) is 17.1. The van der Waals surface area contributed by atoms with Gasteiger partial charge in [0.05, 0.1) is 23.3 Å². The van der Waals surface area contributed by atoms with Crippen LogP contribution in [0.4, 0.5) is 10.8 Å². The summed E-state index contributed by atoms with van der Waals surface area (Å²) in [6.07, 6.45) is 2.47. The lowest BCUT2D eigenvalue weighted by Crippen LogP contribution is -2.15. The fourth-order valence-electron chi connectivity index (χ4n) is 2.56. The van der Waals surface area contributed by atoms with Crippen molar-refractivity contribution in [3.8, 4) is 5.69 Å². The van der Waals surface area contributed by atoms with Crippen molar-refractivity contribution < 1.29 is 0 Å². The largest absolute Gasteiger partial charge is 0.327 e. The van der Waals surface area contributed by atoms with Crippen molar-refractivity contribution in [3.05, 3.63) is 64.3 Å². The van der Waals surface area contributed by atoms with Crippen LogP contribution in [0.1, 0.15) is 18.3 Å². The molecular weight excluding hydrogens is 336 g/mol. The van der Waals surface area contributed by atoms with Crippen molar-refractivity contribution in [1.82, 2.24) is 24.4 Å². The Morgan fingerprint density at radius 3 is 2.80 bits per heavy atom. The molecule has 0 atom stereocenters. The molecule has 0 fully saturated rings. The molecule has 0 amide bonds. The lowest BCUT2D eigenvalue weighted by Gasteiger charge is -2.05. The van der Waals surface area contributed by atoms with E-state index in [-0.39, 0.29) is 5.56 Å². The van der Waals surface area contributed by atoms with Gasteiger partial charge >= 0.3 is 0 Å². The third kappa shape index (κ3) is 2.80. The molecule has 0 aliphatic heterocycles. The van der Waals surface area contributed by atoms with Gasteiger partial charge in [-0.2, -0.15) is 9.61 Å².